The minimum Gasteiger partial charge on any atom is -0.126 e. The molecule has 0 aliphatic carbocycles. The number of hydrogen-bond donors (Lipinski definition) is 0. The first-order chi connectivity index (χ1) is 7.04. The lowest BCUT2D eigenvalue weighted by Gasteiger charge is -2.16. The monoisotopic (exact) mass is 238 g/mol. The third-order valence-electron chi connectivity index (χ3n) is 2.36. The summed E-state index contributed by atoms with van der Waals surface area (Å²) in [7, 11) is -1.14. The van der Waals surface area contributed by atoms with E-state index in [1.54, 1.807) is 0 Å². The standard InChI is InChI=1S/C13H19ClSi/c1-15(2,3)13-9-7-12(8-10-13)6-4-5-11-14/h4,6-10H,5,11H2,1-3H3. The molecule has 0 bridgehead atoms. The highest BCUT2D eigenvalue weighted by molar-refractivity contribution is 6.88. The van der Waals surface area contributed by atoms with Crippen LogP contribution in [-0.4, -0.2) is 14.0 Å². The van der Waals surface area contributed by atoms with Crippen LogP contribution >= 0.6 is 11.6 Å². The Morgan fingerprint density at radius 1 is 1.13 bits per heavy atom. The van der Waals surface area contributed by atoms with Crippen LogP contribution in [0.25, 0.3) is 6.08 Å². The molecular weight excluding hydrogens is 220 g/mol. The molecule has 0 radical (unpaired) electrons. The highest BCUT2D eigenvalue weighted by Gasteiger charge is 2.15. The van der Waals surface area contributed by atoms with Gasteiger partial charge in [-0.2, -0.15) is 0 Å². The van der Waals surface area contributed by atoms with E-state index in [-0.39, 0.29) is 0 Å². The minimum absolute atomic E-state index is 0.698. The van der Waals surface area contributed by atoms with Crippen molar-refractivity contribution in [3.8, 4) is 0 Å². The van der Waals surface area contributed by atoms with Crippen molar-refractivity contribution < 1.29 is 0 Å². The molecule has 0 N–H and O–H groups in total. The molecule has 0 unspecified atom stereocenters. The molecule has 1 rings (SSSR count). The number of halogens is 1. The van der Waals surface area contributed by atoms with Crippen molar-refractivity contribution >= 4 is 30.9 Å². The van der Waals surface area contributed by atoms with Crippen LogP contribution in [0.15, 0.2) is 30.3 Å². The quantitative estimate of drug-likeness (QED) is 0.552. The third-order valence-corrected chi connectivity index (χ3v) is 4.65. The Morgan fingerprint density at radius 3 is 2.20 bits per heavy atom. The second-order valence-electron chi connectivity index (χ2n) is 4.75. The number of hydrogen-bond acceptors (Lipinski definition) is 0. The van der Waals surface area contributed by atoms with Crippen molar-refractivity contribution in [1.82, 2.24) is 0 Å². The Balaban J connectivity index is 2.73. The van der Waals surface area contributed by atoms with Crippen LogP contribution in [0.5, 0.6) is 0 Å². The molecular formula is C13H19ClSi. The van der Waals surface area contributed by atoms with E-state index >= 15 is 0 Å². The largest absolute Gasteiger partial charge is 0.126 e. The summed E-state index contributed by atoms with van der Waals surface area (Å²) in [5.41, 5.74) is 1.27. The molecule has 1 aromatic carbocycles. The molecule has 0 fully saturated rings. The van der Waals surface area contributed by atoms with E-state index in [0.29, 0.717) is 5.88 Å². The van der Waals surface area contributed by atoms with Crippen LogP contribution in [0.1, 0.15) is 12.0 Å². The van der Waals surface area contributed by atoms with Crippen LogP contribution in [0.3, 0.4) is 0 Å². The Bertz CT molecular complexity index is 319. The number of allylic oxidation sites excluding steroid dienone is 1. The average Bonchev–Trinajstić information content (AvgIpc) is 2.18. The maximum absolute atomic E-state index is 5.61. The summed E-state index contributed by atoms with van der Waals surface area (Å²) in [5, 5.41) is 1.51. The molecule has 15 heavy (non-hydrogen) atoms. The van der Waals surface area contributed by atoms with Gasteiger partial charge in [0.05, 0.1) is 8.07 Å². The first-order valence-electron chi connectivity index (χ1n) is 5.37. The van der Waals surface area contributed by atoms with E-state index in [2.05, 4.69) is 56.1 Å². The third kappa shape index (κ3) is 4.23. The van der Waals surface area contributed by atoms with Gasteiger partial charge >= 0.3 is 0 Å². The lowest BCUT2D eigenvalue weighted by molar-refractivity contribution is 1.24. The lowest BCUT2D eigenvalue weighted by atomic mass is 10.2. The first-order valence-corrected chi connectivity index (χ1v) is 9.40. The van der Waals surface area contributed by atoms with Crippen molar-refractivity contribution in [2.45, 2.75) is 26.1 Å². The van der Waals surface area contributed by atoms with Crippen LogP contribution in [0.4, 0.5) is 0 Å². The zero-order chi connectivity index (χ0) is 11.3. The molecule has 0 saturated heterocycles. The van der Waals surface area contributed by atoms with Gasteiger partial charge in [0.1, 0.15) is 0 Å². The molecule has 1 aromatic rings. The fourth-order valence-corrected chi connectivity index (χ4v) is 2.67. The van der Waals surface area contributed by atoms with Gasteiger partial charge in [0.25, 0.3) is 0 Å². The molecule has 2 heteroatoms. The molecule has 0 aromatic heterocycles. The molecule has 0 atom stereocenters. The van der Waals surface area contributed by atoms with Gasteiger partial charge in [-0.25, -0.2) is 0 Å². The van der Waals surface area contributed by atoms with Crippen LogP contribution < -0.4 is 5.19 Å². The fraction of sp³-hybridized carbons (Fsp3) is 0.385. The zero-order valence-corrected chi connectivity index (χ0v) is 11.5. The van der Waals surface area contributed by atoms with Crippen LogP contribution in [0.2, 0.25) is 19.6 Å². The van der Waals surface area contributed by atoms with E-state index in [4.69, 9.17) is 11.6 Å². The Morgan fingerprint density at radius 2 is 1.73 bits per heavy atom. The molecule has 82 valence electrons. The number of benzene rings is 1. The van der Waals surface area contributed by atoms with Gasteiger partial charge in [-0.15, -0.1) is 11.6 Å². The minimum atomic E-state index is -1.14. The number of alkyl halides is 1. The number of rotatable bonds is 4. The van der Waals surface area contributed by atoms with Gasteiger partial charge in [0, 0.05) is 5.88 Å². The van der Waals surface area contributed by atoms with E-state index in [9.17, 15) is 0 Å². The summed E-state index contributed by atoms with van der Waals surface area (Å²) >= 11 is 5.61. The van der Waals surface area contributed by atoms with Gasteiger partial charge in [0.2, 0.25) is 0 Å². The summed E-state index contributed by atoms with van der Waals surface area (Å²) in [5.74, 6) is 0.698. The van der Waals surface area contributed by atoms with Gasteiger partial charge in [-0.1, -0.05) is 61.2 Å². The summed E-state index contributed by atoms with van der Waals surface area (Å²) in [6.07, 6.45) is 5.20. The molecule has 0 spiro atoms. The smallest absolute Gasteiger partial charge is 0.0775 e. The predicted octanol–water partition coefficient (Wildman–Crippen LogP) is 3.87. The van der Waals surface area contributed by atoms with Gasteiger partial charge in [-0.3, -0.25) is 0 Å². The second kappa shape index (κ2) is 5.52. The zero-order valence-electron chi connectivity index (χ0n) is 9.76. The van der Waals surface area contributed by atoms with Crippen molar-refractivity contribution in [2.75, 3.05) is 5.88 Å². The van der Waals surface area contributed by atoms with Gasteiger partial charge in [-0.05, 0) is 12.0 Å². The van der Waals surface area contributed by atoms with E-state index in [1.165, 1.54) is 10.8 Å². The van der Waals surface area contributed by atoms with Crippen molar-refractivity contribution in [3.05, 3.63) is 35.9 Å². The lowest BCUT2D eigenvalue weighted by Crippen LogP contribution is -2.37. The van der Waals surface area contributed by atoms with Gasteiger partial charge in [0.15, 0.2) is 0 Å². The second-order valence-corrected chi connectivity index (χ2v) is 10.2. The molecule has 0 heterocycles. The fourth-order valence-electron chi connectivity index (χ4n) is 1.38. The Hall–Kier alpha value is -0.533. The Labute approximate surface area is 99.0 Å². The molecule has 0 nitrogen and oxygen atoms in total. The highest BCUT2D eigenvalue weighted by atomic mass is 35.5. The summed E-state index contributed by atoms with van der Waals surface area (Å²) in [6.45, 7) is 7.10. The molecule has 0 aliphatic heterocycles. The van der Waals surface area contributed by atoms with Gasteiger partial charge < -0.3 is 0 Å². The SMILES string of the molecule is C[Si](C)(C)c1ccc(C=CCCCl)cc1. The molecule has 0 aliphatic rings. The van der Waals surface area contributed by atoms with Crippen LogP contribution in [-0.2, 0) is 0 Å². The average molecular weight is 239 g/mol. The Kier molecular flexibility index (Phi) is 4.62. The summed E-state index contributed by atoms with van der Waals surface area (Å²) < 4.78 is 0. The maximum atomic E-state index is 5.61. The van der Waals surface area contributed by atoms with Crippen LogP contribution in [0, 0.1) is 0 Å². The van der Waals surface area contributed by atoms with E-state index in [1.807, 2.05) is 0 Å². The van der Waals surface area contributed by atoms with E-state index in [0.717, 1.165) is 6.42 Å². The van der Waals surface area contributed by atoms with E-state index < -0.39 is 8.07 Å². The normalized spacial score (nSPS) is 12.3. The van der Waals surface area contributed by atoms with Crippen molar-refractivity contribution in [2.24, 2.45) is 0 Å². The topological polar surface area (TPSA) is 0 Å². The summed E-state index contributed by atoms with van der Waals surface area (Å²) in [6, 6.07) is 8.90. The first kappa shape index (κ1) is 12.5. The predicted molar refractivity (Wildman–Crippen MR) is 73.8 cm³/mol. The van der Waals surface area contributed by atoms with Crippen molar-refractivity contribution in [3.63, 3.8) is 0 Å². The highest BCUT2D eigenvalue weighted by Crippen LogP contribution is 2.06. The summed E-state index contributed by atoms with van der Waals surface area (Å²) in [4.78, 5) is 0. The molecule has 0 amide bonds. The maximum Gasteiger partial charge on any atom is 0.0775 e. The van der Waals surface area contributed by atoms with Crippen molar-refractivity contribution in [1.29, 1.82) is 0 Å². The molecule has 0 saturated carbocycles.